The molecule has 0 aromatic rings. The predicted molar refractivity (Wildman–Crippen MR) is 113 cm³/mol. The molecule has 0 radical (unpaired) electrons. The van der Waals surface area contributed by atoms with Gasteiger partial charge in [0.15, 0.2) is 18.3 Å². The molecule has 1 aliphatic rings. The molecule has 198 valence electrons. The number of hydrogen-bond donors (Lipinski definition) is 1. The van der Waals surface area contributed by atoms with Gasteiger partial charge in [-0.2, -0.15) is 0 Å². The zero-order valence-electron chi connectivity index (χ0n) is 20.0. The number of esters is 4. The molecule has 1 heterocycles. The first kappa shape index (κ1) is 30.1. The number of ether oxygens (including phenoxy) is 7. The van der Waals surface area contributed by atoms with Crippen LogP contribution in [0.4, 0.5) is 0 Å². The van der Waals surface area contributed by atoms with Crippen LogP contribution in [0.1, 0.15) is 34.1 Å². The molecule has 0 spiro atoms. The maximum Gasteiger partial charge on any atom is 0.303 e. The summed E-state index contributed by atoms with van der Waals surface area (Å²) in [7, 11) is 0. The Labute approximate surface area is 201 Å². The molecule has 0 aliphatic carbocycles. The van der Waals surface area contributed by atoms with E-state index < -0.39 is 60.7 Å². The van der Waals surface area contributed by atoms with Crippen molar-refractivity contribution in [3.8, 4) is 0 Å². The van der Waals surface area contributed by atoms with Crippen molar-refractivity contribution in [2.24, 2.45) is 5.11 Å². The molecule has 0 aromatic heterocycles. The molecule has 1 saturated heterocycles. The van der Waals surface area contributed by atoms with Crippen molar-refractivity contribution in [1.82, 2.24) is 0 Å². The number of nitrogens with zero attached hydrogens (tertiary/aromatic N) is 3. The maximum atomic E-state index is 11.8. The van der Waals surface area contributed by atoms with Gasteiger partial charge in [0.25, 0.3) is 0 Å². The first-order valence-electron chi connectivity index (χ1n) is 10.7. The van der Waals surface area contributed by atoms with Crippen LogP contribution in [-0.2, 0) is 52.3 Å². The highest BCUT2D eigenvalue weighted by Crippen LogP contribution is 2.36. The van der Waals surface area contributed by atoms with Crippen LogP contribution in [0.5, 0.6) is 0 Å². The Bertz CT molecular complexity index is 787. The summed E-state index contributed by atoms with van der Waals surface area (Å²) in [4.78, 5) is 49.3. The Morgan fingerprint density at radius 1 is 0.886 bits per heavy atom. The largest absolute Gasteiger partial charge is 0.463 e. The standard InChI is InChI=1S/C20H31N3O12/c1-12(24)31-11-16-17(32-13(2)25)18(33-14(3)26)19(34-15(4)27)20(28,35-16)5-7-29-9-10-30-8-6-22-23-21/h16-19,28H,5-11H2,1-4H3/t16-,17+,18+,19-,20-/m1/s1. The van der Waals surface area contributed by atoms with E-state index in [2.05, 4.69) is 10.0 Å². The lowest BCUT2D eigenvalue weighted by Crippen LogP contribution is -2.68. The highest BCUT2D eigenvalue weighted by atomic mass is 16.7. The van der Waals surface area contributed by atoms with Crippen molar-refractivity contribution in [1.29, 1.82) is 0 Å². The molecule has 1 rings (SSSR count). The van der Waals surface area contributed by atoms with Gasteiger partial charge in [0.2, 0.25) is 5.79 Å². The summed E-state index contributed by atoms with van der Waals surface area (Å²) >= 11 is 0. The Morgan fingerprint density at radius 3 is 2.00 bits per heavy atom. The van der Waals surface area contributed by atoms with Crippen molar-refractivity contribution in [2.45, 2.75) is 64.3 Å². The summed E-state index contributed by atoms with van der Waals surface area (Å²) in [6, 6.07) is 0. The number of azide groups is 1. The van der Waals surface area contributed by atoms with Gasteiger partial charge in [-0.15, -0.1) is 0 Å². The zero-order valence-corrected chi connectivity index (χ0v) is 20.0. The second-order valence-corrected chi connectivity index (χ2v) is 7.41. The summed E-state index contributed by atoms with van der Waals surface area (Å²) in [6.45, 7) is 4.48. The van der Waals surface area contributed by atoms with Crippen LogP contribution in [0.15, 0.2) is 5.11 Å². The fourth-order valence-corrected chi connectivity index (χ4v) is 3.25. The lowest BCUT2D eigenvalue weighted by molar-refractivity contribution is -0.355. The lowest BCUT2D eigenvalue weighted by atomic mass is 9.90. The molecule has 1 fully saturated rings. The number of hydrogen-bond acceptors (Lipinski definition) is 13. The minimum Gasteiger partial charge on any atom is -0.463 e. The fourth-order valence-electron chi connectivity index (χ4n) is 3.25. The predicted octanol–water partition coefficient (Wildman–Crippen LogP) is 0.166. The average molecular weight is 505 g/mol. The van der Waals surface area contributed by atoms with Crippen LogP contribution in [0, 0.1) is 0 Å². The Balaban J connectivity index is 3.05. The lowest BCUT2D eigenvalue weighted by Gasteiger charge is -2.48. The van der Waals surface area contributed by atoms with E-state index in [9.17, 15) is 24.3 Å². The quantitative estimate of drug-likeness (QED) is 0.0838. The summed E-state index contributed by atoms with van der Waals surface area (Å²) < 4.78 is 37.0. The molecule has 0 bridgehead atoms. The minimum absolute atomic E-state index is 0.112. The average Bonchev–Trinajstić information content (AvgIpc) is 2.75. The third-order valence-corrected chi connectivity index (χ3v) is 4.51. The second-order valence-electron chi connectivity index (χ2n) is 7.41. The van der Waals surface area contributed by atoms with E-state index in [1.807, 2.05) is 0 Å². The molecule has 0 unspecified atom stereocenters. The van der Waals surface area contributed by atoms with Gasteiger partial charge in [0.05, 0.1) is 26.4 Å². The van der Waals surface area contributed by atoms with Crippen molar-refractivity contribution >= 4 is 23.9 Å². The Kier molecular flexibility index (Phi) is 13.0. The molecule has 1 aliphatic heterocycles. The van der Waals surface area contributed by atoms with E-state index in [4.69, 9.17) is 38.7 Å². The molecule has 15 heteroatoms. The number of carbonyl (C=O) groups is 4. The summed E-state index contributed by atoms with van der Waals surface area (Å²) in [5.41, 5.74) is 8.20. The van der Waals surface area contributed by atoms with Gasteiger partial charge < -0.3 is 38.3 Å². The van der Waals surface area contributed by atoms with Gasteiger partial charge in [-0.3, -0.25) is 19.2 Å². The van der Waals surface area contributed by atoms with Crippen molar-refractivity contribution < 1.29 is 57.4 Å². The summed E-state index contributed by atoms with van der Waals surface area (Å²) in [5, 5.41) is 14.6. The molecule has 0 amide bonds. The van der Waals surface area contributed by atoms with Gasteiger partial charge >= 0.3 is 23.9 Å². The van der Waals surface area contributed by atoms with Crippen LogP contribution in [0.3, 0.4) is 0 Å². The Morgan fingerprint density at radius 2 is 1.46 bits per heavy atom. The fraction of sp³-hybridized carbons (Fsp3) is 0.800. The van der Waals surface area contributed by atoms with Crippen LogP contribution >= 0.6 is 0 Å². The van der Waals surface area contributed by atoms with E-state index in [0.717, 1.165) is 27.7 Å². The second kappa shape index (κ2) is 15.1. The first-order valence-corrected chi connectivity index (χ1v) is 10.7. The van der Waals surface area contributed by atoms with Crippen LogP contribution < -0.4 is 0 Å². The smallest absolute Gasteiger partial charge is 0.303 e. The molecule has 15 nitrogen and oxygen atoms in total. The Hall–Kier alpha value is -2.97. The van der Waals surface area contributed by atoms with Crippen LogP contribution in [0.2, 0.25) is 0 Å². The summed E-state index contributed by atoms with van der Waals surface area (Å²) in [6.07, 6.45) is -6.00. The normalized spacial score (nSPS) is 25.6. The molecule has 0 saturated carbocycles. The minimum atomic E-state index is -2.27. The van der Waals surface area contributed by atoms with Crippen molar-refractivity contribution in [2.75, 3.05) is 39.6 Å². The van der Waals surface area contributed by atoms with E-state index >= 15 is 0 Å². The number of carbonyl (C=O) groups excluding carboxylic acids is 4. The highest BCUT2D eigenvalue weighted by Gasteiger charge is 2.59. The third kappa shape index (κ3) is 10.9. The van der Waals surface area contributed by atoms with Crippen LogP contribution in [0.25, 0.3) is 10.4 Å². The van der Waals surface area contributed by atoms with Crippen molar-refractivity contribution in [3.05, 3.63) is 10.4 Å². The number of aliphatic hydroxyl groups is 1. The first-order chi connectivity index (χ1) is 16.5. The van der Waals surface area contributed by atoms with Gasteiger partial charge in [-0.1, -0.05) is 5.11 Å². The van der Waals surface area contributed by atoms with Crippen LogP contribution in [-0.4, -0.2) is 98.8 Å². The van der Waals surface area contributed by atoms with Gasteiger partial charge in [0, 0.05) is 45.6 Å². The van der Waals surface area contributed by atoms with Gasteiger partial charge in [-0.25, -0.2) is 0 Å². The molecule has 35 heavy (non-hydrogen) atoms. The van der Waals surface area contributed by atoms with E-state index in [0.29, 0.717) is 0 Å². The molecule has 1 N–H and O–H groups in total. The van der Waals surface area contributed by atoms with E-state index in [-0.39, 0.29) is 39.4 Å². The van der Waals surface area contributed by atoms with Gasteiger partial charge in [-0.05, 0) is 5.53 Å². The topological polar surface area (TPSA) is 202 Å². The zero-order chi connectivity index (χ0) is 26.4. The third-order valence-electron chi connectivity index (χ3n) is 4.51. The van der Waals surface area contributed by atoms with E-state index in [1.54, 1.807) is 0 Å². The monoisotopic (exact) mass is 505 g/mol. The van der Waals surface area contributed by atoms with Gasteiger partial charge in [0.1, 0.15) is 12.7 Å². The van der Waals surface area contributed by atoms with Crippen molar-refractivity contribution in [3.63, 3.8) is 0 Å². The maximum absolute atomic E-state index is 11.8. The molecular formula is C20H31N3O12. The highest BCUT2D eigenvalue weighted by molar-refractivity contribution is 5.68. The molecular weight excluding hydrogens is 474 g/mol. The van der Waals surface area contributed by atoms with E-state index in [1.165, 1.54) is 0 Å². The summed E-state index contributed by atoms with van der Waals surface area (Å²) in [5.74, 6) is -5.36. The molecule has 5 atom stereocenters. The number of rotatable bonds is 14. The molecule has 0 aromatic carbocycles. The SMILES string of the molecule is CC(=O)OC[C@H]1O[C@](O)(CCOCCOCCN=[N+]=[N-])[C@H](OC(C)=O)[C@@H](OC(C)=O)[C@H]1OC(C)=O.